The van der Waals surface area contributed by atoms with Crippen LogP contribution in [-0.4, -0.2) is 18.5 Å². The Kier molecular flexibility index (Phi) is 6.16. The van der Waals surface area contributed by atoms with Crippen LogP contribution in [0.3, 0.4) is 0 Å². The van der Waals surface area contributed by atoms with Gasteiger partial charge in [0.25, 0.3) is 0 Å². The van der Waals surface area contributed by atoms with Gasteiger partial charge in [0.2, 0.25) is 5.91 Å². The second-order valence-corrected chi connectivity index (χ2v) is 6.25. The van der Waals surface area contributed by atoms with Crippen molar-refractivity contribution >= 4 is 33.2 Å². The number of thiophene rings is 1. The van der Waals surface area contributed by atoms with Crippen molar-refractivity contribution in [3.63, 3.8) is 0 Å². The lowest BCUT2D eigenvalue weighted by atomic mass is 10.1. The molecule has 3 nitrogen and oxygen atoms in total. The van der Waals surface area contributed by atoms with Crippen molar-refractivity contribution in [1.29, 1.82) is 0 Å². The highest BCUT2D eigenvalue weighted by Gasteiger charge is 2.10. The molecule has 0 bridgehead atoms. The first-order chi connectivity index (χ1) is 8.00. The third-order valence-electron chi connectivity index (χ3n) is 2.65. The first-order valence-corrected chi connectivity index (χ1v) is 7.40. The smallest absolute Gasteiger partial charge is 0.234 e. The van der Waals surface area contributed by atoms with Crippen LogP contribution in [-0.2, 0) is 11.3 Å². The van der Waals surface area contributed by atoms with Gasteiger partial charge in [-0.1, -0.05) is 13.8 Å². The molecule has 0 aliphatic carbocycles. The molecule has 0 fully saturated rings. The summed E-state index contributed by atoms with van der Waals surface area (Å²) in [5.74, 6) is 0.518. The molecular weight excluding hydrogens is 300 g/mol. The highest BCUT2D eigenvalue weighted by Crippen LogP contribution is 2.21. The molecule has 2 N–H and O–H groups in total. The van der Waals surface area contributed by atoms with Crippen LogP contribution in [0.4, 0.5) is 0 Å². The summed E-state index contributed by atoms with van der Waals surface area (Å²) in [5, 5.41) is 8.14. The number of nitrogens with one attached hydrogen (secondary N) is 2. The van der Waals surface area contributed by atoms with Crippen molar-refractivity contribution < 1.29 is 4.79 Å². The first kappa shape index (κ1) is 14.7. The van der Waals surface area contributed by atoms with E-state index in [9.17, 15) is 4.79 Å². The average Bonchev–Trinajstić information content (AvgIpc) is 2.64. The highest BCUT2D eigenvalue weighted by atomic mass is 79.9. The van der Waals surface area contributed by atoms with Gasteiger partial charge >= 0.3 is 0 Å². The van der Waals surface area contributed by atoms with Crippen molar-refractivity contribution in [2.75, 3.05) is 6.54 Å². The highest BCUT2D eigenvalue weighted by molar-refractivity contribution is 9.10. The van der Waals surface area contributed by atoms with E-state index in [1.54, 1.807) is 11.3 Å². The molecule has 0 saturated heterocycles. The molecule has 0 aliphatic heterocycles. The van der Waals surface area contributed by atoms with Crippen molar-refractivity contribution in [3.05, 3.63) is 20.8 Å². The topological polar surface area (TPSA) is 41.1 Å². The Morgan fingerprint density at radius 3 is 2.71 bits per heavy atom. The van der Waals surface area contributed by atoms with Crippen LogP contribution in [0.2, 0.25) is 0 Å². The van der Waals surface area contributed by atoms with E-state index in [0.29, 0.717) is 12.5 Å². The Morgan fingerprint density at radius 1 is 1.47 bits per heavy atom. The molecule has 0 spiro atoms. The lowest BCUT2D eigenvalue weighted by Crippen LogP contribution is -2.41. The van der Waals surface area contributed by atoms with E-state index in [-0.39, 0.29) is 11.9 Å². The predicted molar refractivity (Wildman–Crippen MR) is 76.2 cm³/mol. The van der Waals surface area contributed by atoms with E-state index in [1.165, 1.54) is 4.88 Å². The summed E-state index contributed by atoms with van der Waals surface area (Å²) in [5.41, 5.74) is 0. The third-order valence-corrected chi connectivity index (χ3v) is 4.58. The minimum atomic E-state index is 0.0545. The summed E-state index contributed by atoms with van der Waals surface area (Å²) in [7, 11) is 0. The maximum Gasteiger partial charge on any atom is 0.234 e. The lowest BCUT2D eigenvalue weighted by Gasteiger charge is -2.17. The number of carbonyl (C=O) groups excluding carboxylic acids is 1. The van der Waals surface area contributed by atoms with Crippen LogP contribution in [0.15, 0.2) is 15.9 Å². The normalized spacial score (nSPS) is 12.8. The molecule has 96 valence electrons. The summed E-state index contributed by atoms with van der Waals surface area (Å²) in [6.07, 6.45) is 0. The fourth-order valence-corrected chi connectivity index (χ4v) is 2.67. The third kappa shape index (κ3) is 5.19. The monoisotopic (exact) mass is 318 g/mol. The molecule has 0 aromatic carbocycles. The van der Waals surface area contributed by atoms with Crippen LogP contribution in [0.5, 0.6) is 0 Å². The van der Waals surface area contributed by atoms with E-state index in [0.717, 1.165) is 11.0 Å². The Bertz CT molecular complexity index is 365. The molecule has 0 saturated carbocycles. The second-order valence-electron chi connectivity index (χ2n) is 4.40. The van der Waals surface area contributed by atoms with Crippen molar-refractivity contribution in [1.82, 2.24) is 10.6 Å². The number of carbonyl (C=O) groups is 1. The minimum Gasteiger partial charge on any atom is -0.352 e. The Balaban J connectivity index is 2.23. The summed E-state index contributed by atoms with van der Waals surface area (Å²) < 4.78 is 1.10. The van der Waals surface area contributed by atoms with Crippen LogP contribution in [0.25, 0.3) is 0 Å². The van der Waals surface area contributed by atoms with Gasteiger partial charge in [-0.05, 0) is 40.2 Å². The van der Waals surface area contributed by atoms with Gasteiger partial charge in [0.1, 0.15) is 0 Å². The van der Waals surface area contributed by atoms with E-state index in [4.69, 9.17) is 0 Å². The number of amides is 1. The van der Waals surface area contributed by atoms with Gasteiger partial charge in [0.15, 0.2) is 0 Å². The molecule has 1 atom stereocenters. The second kappa shape index (κ2) is 7.13. The zero-order chi connectivity index (χ0) is 12.8. The van der Waals surface area contributed by atoms with Crippen molar-refractivity contribution in [2.24, 2.45) is 5.92 Å². The maximum absolute atomic E-state index is 11.6. The van der Waals surface area contributed by atoms with Crippen LogP contribution in [0.1, 0.15) is 25.6 Å². The zero-order valence-electron chi connectivity index (χ0n) is 10.4. The largest absolute Gasteiger partial charge is 0.352 e. The number of hydrogen-bond donors (Lipinski definition) is 2. The molecule has 1 heterocycles. The first-order valence-electron chi connectivity index (χ1n) is 5.72. The molecular formula is C12H19BrN2OS. The van der Waals surface area contributed by atoms with Gasteiger partial charge in [0.05, 0.1) is 6.54 Å². The molecule has 1 unspecified atom stereocenters. The van der Waals surface area contributed by atoms with Crippen LogP contribution in [0, 0.1) is 5.92 Å². The molecule has 1 aromatic heterocycles. The van der Waals surface area contributed by atoms with E-state index < -0.39 is 0 Å². The van der Waals surface area contributed by atoms with Crippen LogP contribution >= 0.6 is 27.3 Å². The summed E-state index contributed by atoms with van der Waals surface area (Å²) in [4.78, 5) is 12.8. The number of halogens is 1. The molecule has 0 radical (unpaired) electrons. The van der Waals surface area contributed by atoms with Gasteiger partial charge in [-0.25, -0.2) is 0 Å². The van der Waals surface area contributed by atoms with Crippen molar-refractivity contribution in [2.45, 2.75) is 33.4 Å². The Morgan fingerprint density at radius 2 is 2.18 bits per heavy atom. The van der Waals surface area contributed by atoms with E-state index >= 15 is 0 Å². The maximum atomic E-state index is 11.6. The fraction of sp³-hybridized carbons (Fsp3) is 0.583. The average molecular weight is 319 g/mol. The molecule has 0 aliphatic rings. The fourth-order valence-electron chi connectivity index (χ4n) is 1.21. The van der Waals surface area contributed by atoms with E-state index in [1.807, 2.05) is 18.4 Å². The standard InChI is InChI=1S/C12H19BrN2OS/c1-8(2)9(3)15-12(16)7-14-6-11-10(13)4-5-17-11/h4-5,8-9,14H,6-7H2,1-3H3,(H,15,16). The molecule has 1 amide bonds. The minimum absolute atomic E-state index is 0.0545. The number of rotatable bonds is 6. The Hall–Kier alpha value is -0.390. The number of hydrogen-bond acceptors (Lipinski definition) is 3. The Labute approximate surface area is 115 Å². The van der Waals surface area contributed by atoms with Gasteiger partial charge in [-0.15, -0.1) is 11.3 Å². The van der Waals surface area contributed by atoms with Gasteiger partial charge < -0.3 is 10.6 Å². The van der Waals surface area contributed by atoms with Gasteiger partial charge in [-0.3, -0.25) is 4.79 Å². The lowest BCUT2D eigenvalue weighted by molar-refractivity contribution is -0.121. The summed E-state index contributed by atoms with van der Waals surface area (Å²) >= 11 is 5.14. The molecule has 17 heavy (non-hydrogen) atoms. The predicted octanol–water partition coefficient (Wildman–Crippen LogP) is 2.76. The quantitative estimate of drug-likeness (QED) is 0.846. The molecule has 1 aromatic rings. The van der Waals surface area contributed by atoms with E-state index in [2.05, 4.69) is 40.4 Å². The summed E-state index contributed by atoms with van der Waals surface area (Å²) in [6.45, 7) is 7.31. The van der Waals surface area contributed by atoms with Gasteiger partial charge in [0, 0.05) is 21.9 Å². The van der Waals surface area contributed by atoms with Crippen LogP contribution < -0.4 is 10.6 Å². The zero-order valence-corrected chi connectivity index (χ0v) is 12.8. The molecule has 1 rings (SSSR count). The van der Waals surface area contributed by atoms with Gasteiger partial charge in [-0.2, -0.15) is 0 Å². The molecule has 5 heteroatoms. The van der Waals surface area contributed by atoms with Crippen molar-refractivity contribution in [3.8, 4) is 0 Å². The SMILES string of the molecule is CC(C)C(C)NC(=O)CNCc1sccc1Br. The summed E-state index contributed by atoms with van der Waals surface area (Å²) in [6, 6.07) is 2.24.